The second-order valence-corrected chi connectivity index (χ2v) is 6.66. The summed E-state index contributed by atoms with van der Waals surface area (Å²) in [6, 6.07) is 11.9. The molecule has 0 N–H and O–H groups in total. The van der Waals surface area contributed by atoms with E-state index in [-0.39, 0.29) is 11.7 Å². The molecule has 1 aliphatic rings. The molecule has 1 fully saturated rings. The maximum Gasteiger partial charge on any atom is 0.246 e. The molecule has 2 aromatic carbocycles. The summed E-state index contributed by atoms with van der Waals surface area (Å²) in [5.74, 6) is 1.33. The zero-order valence-electron chi connectivity index (χ0n) is 16.2. The summed E-state index contributed by atoms with van der Waals surface area (Å²) >= 11 is 0. The summed E-state index contributed by atoms with van der Waals surface area (Å²) in [4.78, 5) is 16.5. The van der Waals surface area contributed by atoms with E-state index in [0.717, 1.165) is 42.3 Å². The summed E-state index contributed by atoms with van der Waals surface area (Å²) in [6.07, 6.45) is 3.27. The van der Waals surface area contributed by atoms with Crippen LogP contribution in [0.4, 0.5) is 4.39 Å². The first kappa shape index (κ1) is 19.9. The van der Waals surface area contributed by atoms with Crippen LogP contribution in [0.1, 0.15) is 11.1 Å². The Morgan fingerprint density at radius 2 is 1.75 bits per heavy atom. The Kier molecular flexibility index (Phi) is 6.66. The molecule has 0 saturated carbocycles. The molecular weight excluding hydrogens is 359 g/mol. The van der Waals surface area contributed by atoms with Crippen LogP contribution in [0, 0.1) is 5.82 Å². The number of halogens is 1. The van der Waals surface area contributed by atoms with Gasteiger partial charge in [0.25, 0.3) is 0 Å². The number of ether oxygens (including phenoxy) is 2. The Hall–Kier alpha value is -2.86. The number of amides is 1. The molecule has 0 aromatic heterocycles. The van der Waals surface area contributed by atoms with Gasteiger partial charge in [0, 0.05) is 44.4 Å². The fourth-order valence-corrected chi connectivity index (χ4v) is 3.22. The zero-order valence-corrected chi connectivity index (χ0v) is 16.2. The van der Waals surface area contributed by atoms with Crippen LogP contribution in [0.2, 0.25) is 0 Å². The maximum absolute atomic E-state index is 12.9. The van der Waals surface area contributed by atoms with Crippen molar-refractivity contribution in [3.05, 3.63) is 65.5 Å². The molecule has 148 valence electrons. The van der Waals surface area contributed by atoms with Crippen molar-refractivity contribution < 1.29 is 18.7 Å². The van der Waals surface area contributed by atoms with Crippen molar-refractivity contribution in [2.24, 2.45) is 0 Å². The highest BCUT2D eigenvalue weighted by Gasteiger charge is 2.20. The Bertz CT molecular complexity index is 828. The first-order valence-electron chi connectivity index (χ1n) is 9.25. The zero-order chi connectivity index (χ0) is 19.9. The third-order valence-corrected chi connectivity index (χ3v) is 4.85. The van der Waals surface area contributed by atoms with E-state index in [4.69, 9.17) is 9.47 Å². The lowest BCUT2D eigenvalue weighted by molar-refractivity contribution is -0.127. The van der Waals surface area contributed by atoms with Gasteiger partial charge in [-0.1, -0.05) is 12.1 Å². The number of piperazine rings is 1. The van der Waals surface area contributed by atoms with Crippen LogP contribution in [-0.4, -0.2) is 56.1 Å². The molecule has 5 nitrogen and oxygen atoms in total. The van der Waals surface area contributed by atoms with E-state index >= 15 is 0 Å². The van der Waals surface area contributed by atoms with Crippen LogP contribution in [0.15, 0.2) is 48.5 Å². The quantitative estimate of drug-likeness (QED) is 0.718. The fraction of sp³-hybridized carbons (Fsp3) is 0.318. The van der Waals surface area contributed by atoms with Gasteiger partial charge < -0.3 is 14.4 Å². The van der Waals surface area contributed by atoms with E-state index in [1.54, 1.807) is 38.5 Å². The van der Waals surface area contributed by atoms with Crippen molar-refractivity contribution in [1.82, 2.24) is 9.80 Å². The highest BCUT2D eigenvalue weighted by atomic mass is 19.1. The fourth-order valence-electron chi connectivity index (χ4n) is 3.22. The van der Waals surface area contributed by atoms with Gasteiger partial charge in [-0.2, -0.15) is 0 Å². The second kappa shape index (κ2) is 9.37. The highest BCUT2D eigenvalue weighted by molar-refractivity contribution is 5.91. The summed E-state index contributed by atoms with van der Waals surface area (Å²) in [6.45, 7) is 3.65. The Morgan fingerprint density at radius 3 is 2.39 bits per heavy atom. The van der Waals surface area contributed by atoms with E-state index in [1.165, 1.54) is 12.1 Å². The van der Waals surface area contributed by atoms with Crippen molar-refractivity contribution >= 4 is 12.0 Å². The Morgan fingerprint density at radius 1 is 1.04 bits per heavy atom. The summed E-state index contributed by atoms with van der Waals surface area (Å²) in [5, 5.41) is 0. The number of benzene rings is 2. The van der Waals surface area contributed by atoms with Gasteiger partial charge >= 0.3 is 0 Å². The van der Waals surface area contributed by atoms with Gasteiger partial charge in [-0.05, 0) is 42.0 Å². The van der Waals surface area contributed by atoms with Crippen LogP contribution >= 0.6 is 0 Å². The monoisotopic (exact) mass is 384 g/mol. The molecule has 0 unspecified atom stereocenters. The minimum Gasteiger partial charge on any atom is -0.497 e. The van der Waals surface area contributed by atoms with Crippen LogP contribution in [0.25, 0.3) is 6.08 Å². The summed E-state index contributed by atoms with van der Waals surface area (Å²) in [7, 11) is 3.31. The first-order chi connectivity index (χ1) is 13.6. The molecule has 1 aliphatic heterocycles. The minimum absolute atomic E-state index is 0.0251. The van der Waals surface area contributed by atoms with Crippen molar-refractivity contribution in [2.75, 3.05) is 40.4 Å². The van der Waals surface area contributed by atoms with Crippen molar-refractivity contribution in [3.8, 4) is 11.5 Å². The smallest absolute Gasteiger partial charge is 0.246 e. The molecule has 6 heteroatoms. The molecule has 0 atom stereocenters. The van der Waals surface area contributed by atoms with E-state index in [2.05, 4.69) is 4.90 Å². The van der Waals surface area contributed by atoms with Gasteiger partial charge in [-0.15, -0.1) is 0 Å². The molecule has 0 radical (unpaired) electrons. The molecule has 1 saturated heterocycles. The van der Waals surface area contributed by atoms with Gasteiger partial charge in [0.15, 0.2) is 0 Å². The van der Waals surface area contributed by atoms with E-state index in [0.29, 0.717) is 13.1 Å². The third-order valence-electron chi connectivity index (χ3n) is 4.85. The second-order valence-electron chi connectivity index (χ2n) is 6.66. The topological polar surface area (TPSA) is 42.0 Å². The van der Waals surface area contributed by atoms with E-state index in [1.807, 2.05) is 23.1 Å². The van der Waals surface area contributed by atoms with Gasteiger partial charge in [0.2, 0.25) is 5.91 Å². The van der Waals surface area contributed by atoms with Crippen molar-refractivity contribution in [3.63, 3.8) is 0 Å². The lowest BCUT2D eigenvalue weighted by atomic mass is 10.1. The van der Waals surface area contributed by atoms with Gasteiger partial charge in [0.05, 0.1) is 14.2 Å². The SMILES string of the molecule is COc1ccc(OC)c(CN2CCN(C(=O)/C=C/c3ccc(F)cc3)CC2)c1. The standard InChI is InChI=1S/C22H25FN2O3/c1-27-20-8-9-21(28-2)18(15-20)16-24-11-13-25(14-12-24)22(26)10-5-17-3-6-19(23)7-4-17/h3-10,15H,11-14,16H2,1-2H3/b10-5+. The lowest BCUT2D eigenvalue weighted by Gasteiger charge is -2.34. The van der Waals surface area contributed by atoms with Gasteiger partial charge in [-0.25, -0.2) is 4.39 Å². The number of nitrogens with zero attached hydrogens (tertiary/aromatic N) is 2. The molecule has 0 bridgehead atoms. The summed E-state index contributed by atoms with van der Waals surface area (Å²) in [5.41, 5.74) is 1.87. The Labute approximate surface area is 165 Å². The summed E-state index contributed by atoms with van der Waals surface area (Å²) < 4.78 is 23.7. The van der Waals surface area contributed by atoms with Crippen LogP contribution < -0.4 is 9.47 Å². The number of carbonyl (C=O) groups excluding carboxylic acids is 1. The number of rotatable bonds is 6. The molecule has 2 aromatic rings. The average Bonchev–Trinajstić information content (AvgIpc) is 2.73. The van der Waals surface area contributed by atoms with Gasteiger partial charge in [0.1, 0.15) is 17.3 Å². The third kappa shape index (κ3) is 5.10. The Balaban J connectivity index is 1.54. The molecule has 0 aliphatic carbocycles. The molecule has 1 heterocycles. The molecule has 28 heavy (non-hydrogen) atoms. The average molecular weight is 384 g/mol. The lowest BCUT2D eigenvalue weighted by Crippen LogP contribution is -2.47. The molecule has 1 amide bonds. The molecule has 3 rings (SSSR count). The minimum atomic E-state index is -0.285. The number of hydrogen-bond acceptors (Lipinski definition) is 4. The largest absolute Gasteiger partial charge is 0.497 e. The maximum atomic E-state index is 12.9. The number of methoxy groups -OCH3 is 2. The predicted octanol–water partition coefficient (Wildman–Crippen LogP) is 3.20. The first-order valence-corrected chi connectivity index (χ1v) is 9.25. The van der Waals surface area contributed by atoms with Crippen LogP contribution in [0.3, 0.4) is 0 Å². The number of hydrogen-bond donors (Lipinski definition) is 0. The normalized spacial score (nSPS) is 15.0. The molecule has 0 spiro atoms. The van der Waals surface area contributed by atoms with Crippen LogP contribution in [-0.2, 0) is 11.3 Å². The van der Waals surface area contributed by atoms with E-state index in [9.17, 15) is 9.18 Å². The van der Waals surface area contributed by atoms with E-state index < -0.39 is 0 Å². The molecular formula is C22H25FN2O3. The highest BCUT2D eigenvalue weighted by Crippen LogP contribution is 2.25. The van der Waals surface area contributed by atoms with Crippen molar-refractivity contribution in [2.45, 2.75) is 6.54 Å². The predicted molar refractivity (Wildman–Crippen MR) is 107 cm³/mol. The van der Waals surface area contributed by atoms with Crippen LogP contribution in [0.5, 0.6) is 11.5 Å². The number of carbonyl (C=O) groups is 1. The van der Waals surface area contributed by atoms with Gasteiger partial charge in [-0.3, -0.25) is 9.69 Å². The van der Waals surface area contributed by atoms with Crippen molar-refractivity contribution in [1.29, 1.82) is 0 Å².